The first kappa shape index (κ1) is 10.3. The van der Waals surface area contributed by atoms with Gasteiger partial charge >= 0.3 is 0 Å². The summed E-state index contributed by atoms with van der Waals surface area (Å²) in [5.41, 5.74) is 4.29. The summed E-state index contributed by atoms with van der Waals surface area (Å²) in [7, 11) is 0. The average molecular weight is 226 g/mol. The molecule has 1 unspecified atom stereocenters. The number of carbonyl (C=O) groups excluding carboxylic acids is 1. The molecule has 3 heteroatoms. The monoisotopic (exact) mass is 226 g/mol. The summed E-state index contributed by atoms with van der Waals surface area (Å²) in [5.74, 6) is 0.491. The maximum Gasteiger partial charge on any atom is 0.166 e. The van der Waals surface area contributed by atoms with Gasteiger partial charge in [0.2, 0.25) is 0 Å². The Kier molecular flexibility index (Phi) is 2.32. The molecule has 17 heavy (non-hydrogen) atoms. The van der Waals surface area contributed by atoms with Crippen LogP contribution >= 0.6 is 0 Å². The van der Waals surface area contributed by atoms with Crippen molar-refractivity contribution < 1.29 is 4.79 Å². The van der Waals surface area contributed by atoms with Gasteiger partial charge in [0.1, 0.15) is 0 Å². The second-order valence-corrected chi connectivity index (χ2v) is 4.65. The van der Waals surface area contributed by atoms with E-state index in [0.29, 0.717) is 6.42 Å². The number of nitrogens with zero attached hydrogens (tertiary/aromatic N) is 1. The molecule has 0 bridgehead atoms. The fraction of sp³-hybridized carbons (Fsp3) is 0.286. The predicted molar refractivity (Wildman–Crippen MR) is 65.2 cm³/mol. The number of hydrogen-bond acceptors (Lipinski definition) is 2. The summed E-state index contributed by atoms with van der Waals surface area (Å²) in [4.78, 5) is 12.0. The van der Waals surface area contributed by atoms with Crippen molar-refractivity contribution in [3.8, 4) is 0 Å². The van der Waals surface area contributed by atoms with Gasteiger partial charge < -0.3 is 0 Å². The summed E-state index contributed by atoms with van der Waals surface area (Å²) < 4.78 is 0. The predicted octanol–water partition coefficient (Wildman–Crippen LogP) is 2.63. The lowest BCUT2D eigenvalue weighted by molar-refractivity contribution is 0.0964. The molecule has 0 aliphatic heterocycles. The van der Waals surface area contributed by atoms with E-state index in [2.05, 4.69) is 29.3 Å². The zero-order valence-corrected chi connectivity index (χ0v) is 9.73. The molecule has 2 aromatic rings. The van der Waals surface area contributed by atoms with Crippen LogP contribution in [0, 0.1) is 6.92 Å². The molecule has 0 spiro atoms. The number of fused-ring (bicyclic) bond motifs is 1. The van der Waals surface area contributed by atoms with E-state index in [4.69, 9.17) is 0 Å². The number of ketones is 1. The highest BCUT2D eigenvalue weighted by molar-refractivity contribution is 5.98. The molecule has 1 atom stereocenters. The van der Waals surface area contributed by atoms with E-state index in [1.165, 1.54) is 11.1 Å². The Balaban J connectivity index is 1.99. The van der Waals surface area contributed by atoms with Gasteiger partial charge in [0.05, 0.1) is 11.8 Å². The zero-order chi connectivity index (χ0) is 11.8. The lowest BCUT2D eigenvalue weighted by Gasteiger charge is -2.22. The van der Waals surface area contributed by atoms with Gasteiger partial charge in [0.15, 0.2) is 5.78 Å². The third-order valence-corrected chi connectivity index (χ3v) is 3.53. The van der Waals surface area contributed by atoms with E-state index in [9.17, 15) is 4.79 Å². The number of Topliss-reactive ketones (excluding diaryl/α,β-unsaturated/α-hetero) is 1. The number of carbonyl (C=O) groups is 1. The summed E-state index contributed by atoms with van der Waals surface area (Å²) in [6.45, 7) is 2.10. The minimum absolute atomic E-state index is 0.202. The fourth-order valence-corrected chi connectivity index (χ4v) is 2.63. The largest absolute Gasteiger partial charge is 0.294 e. The standard InChI is InChI=1S/C14H14N2O/c1-9-4-2-3-5-11(9)10-6-13-12(8-15-16-13)14(17)7-10/h2-5,8,10H,6-7H2,1H3,(H,15,16). The molecule has 1 aromatic heterocycles. The first-order valence-electron chi connectivity index (χ1n) is 5.86. The lowest BCUT2D eigenvalue weighted by atomic mass is 9.81. The topological polar surface area (TPSA) is 45.8 Å². The molecule has 1 aliphatic rings. The lowest BCUT2D eigenvalue weighted by Crippen LogP contribution is -2.18. The van der Waals surface area contributed by atoms with E-state index >= 15 is 0 Å². The molecule has 3 rings (SSSR count). The number of nitrogens with one attached hydrogen (secondary N) is 1. The number of hydrogen-bond donors (Lipinski definition) is 1. The SMILES string of the molecule is Cc1ccccc1C1CC(=O)c2cn[nH]c2C1. The van der Waals surface area contributed by atoms with Gasteiger partial charge in [0, 0.05) is 12.1 Å². The molecule has 1 heterocycles. The molecule has 0 fully saturated rings. The molecule has 1 aliphatic carbocycles. The molecule has 3 nitrogen and oxygen atoms in total. The molecular weight excluding hydrogens is 212 g/mol. The van der Waals surface area contributed by atoms with Crippen molar-refractivity contribution in [3.63, 3.8) is 0 Å². The molecule has 0 saturated carbocycles. The Labute approximate surface area is 99.9 Å². The molecule has 0 amide bonds. The Morgan fingerprint density at radius 3 is 2.94 bits per heavy atom. The van der Waals surface area contributed by atoms with Crippen molar-refractivity contribution >= 4 is 5.78 Å². The van der Waals surface area contributed by atoms with Crippen LogP contribution in [0.3, 0.4) is 0 Å². The maximum absolute atomic E-state index is 12.0. The quantitative estimate of drug-likeness (QED) is 0.812. The van der Waals surface area contributed by atoms with E-state index in [1.54, 1.807) is 6.20 Å². The van der Waals surface area contributed by atoms with Crippen molar-refractivity contribution in [1.29, 1.82) is 0 Å². The van der Waals surface area contributed by atoms with Crippen LogP contribution in [0.15, 0.2) is 30.5 Å². The van der Waals surface area contributed by atoms with E-state index in [1.807, 2.05) is 12.1 Å². The number of aryl methyl sites for hydroxylation is 1. The van der Waals surface area contributed by atoms with Crippen LogP contribution in [0.5, 0.6) is 0 Å². The van der Waals surface area contributed by atoms with Crippen LogP contribution in [0.25, 0.3) is 0 Å². The second-order valence-electron chi connectivity index (χ2n) is 4.65. The molecule has 0 saturated heterocycles. The van der Waals surface area contributed by atoms with Crippen molar-refractivity contribution in [3.05, 3.63) is 52.8 Å². The first-order chi connectivity index (χ1) is 8.25. The van der Waals surface area contributed by atoms with Crippen LogP contribution in [-0.4, -0.2) is 16.0 Å². The van der Waals surface area contributed by atoms with E-state index in [0.717, 1.165) is 17.7 Å². The summed E-state index contributed by atoms with van der Waals surface area (Å²) in [5, 5.41) is 6.90. The van der Waals surface area contributed by atoms with Crippen molar-refractivity contribution in [1.82, 2.24) is 10.2 Å². The van der Waals surface area contributed by atoms with Gasteiger partial charge in [-0.25, -0.2) is 0 Å². The highest BCUT2D eigenvalue weighted by Gasteiger charge is 2.28. The van der Waals surface area contributed by atoms with Gasteiger partial charge in [-0.1, -0.05) is 24.3 Å². The number of aromatic amines is 1. The average Bonchev–Trinajstić information content (AvgIpc) is 2.78. The Hall–Kier alpha value is -1.90. The van der Waals surface area contributed by atoms with Crippen LogP contribution in [0.2, 0.25) is 0 Å². The second kappa shape index (κ2) is 3.84. The summed E-state index contributed by atoms with van der Waals surface area (Å²) in [6, 6.07) is 8.29. The van der Waals surface area contributed by atoms with Gasteiger partial charge in [-0.15, -0.1) is 0 Å². The molecule has 0 radical (unpaired) electrons. The van der Waals surface area contributed by atoms with Crippen LogP contribution < -0.4 is 0 Å². The van der Waals surface area contributed by atoms with Gasteiger partial charge in [-0.2, -0.15) is 5.10 Å². The molecule has 1 aromatic carbocycles. The number of benzene rings is 1. The Morgan fingerprint density at radius 2 is 2.12 bits per heavy atom. The molecular formula is C14H14N2O. The van der Waals surface area contributed by atoms with Crippen molar-refractivity contribution in [2.75, 3.05) is 0 Å². The van der Waals surface area contributed by atoms with Crippen LogP contribution in [0.4, 0.5) is 0 Å². The third-order valence-electron chi connectivity index (χ3n) is 3.53. The minimum Gasteiger partial charge on any atom is -0.294 e. The van der Waals surface area contributed by atoms with Crippen molar-refractivity contribution in [2.24, 2.45) is 0 Å². The summed E-state index contributed by atoms with van der Waals surface area (Å²) >= 11 is 0. The highest BCUT2D eigenvalue weighted by Crippen LogP contribution is 2.32. The van der Waals surface area contributed by atoms with Gasteiger partial charge in [-0.3, -0.25) is 9.89 Å². The molecule has 1 N–H and O–H groups in total. The van der Waals surface area contributed by atoms with E-state index in [-0.39, 0.29) is 11.7 Å². The summed E-state index contributed by atoms with van der Waals surface area (Å²) in [6.07, 6.45) is 3.12. The Bertz CT molecular complexity index is 571. The third kappa shape index (κ3) is 1.68. The van der Waals surface area contributed by atoms with Gasteiger partial charge in [-0.05, 0) is 30.4 Å². The number of H-pyrrole nitrogens is 1. The number of aromatic nitrogens is 2. The van der Waals surface area contributed by atoms with Crippen LogP contribution in [-0.2, 0) is 6.42 Å². The minimum atomic E-state index is 0.202. The first-order valence-corrected chi connectivity index (χ1v) is 5.86. The van der Waals surface area contributed by atoms with Gasteiger partial charge in [0.25, 0.3) is 0 Å². The maximum atomic E-state index is 12.0. The molecule has 86 valence electrons. The Morgan fingerprint density at radius 1 is 1.29 bits per heavy atom. The fourth-order valence-electron chi connectivity index (χ4n) is 2.63. The van der Waals surface area contributed by atoms with Crippen LogP contribution in [0.1, 0.15) is 39.5 Å². The zero-order valence-electron chi connectivity index (χ0n) is 9.73. The smallest absolute Gasteiger partial charge is 0.166 e. The van der Waals surface area contributed by atoms with E-state index < -0.39 is 0 Å². The number of rotatable bonds is 1. The van der Waals surface area contributed by atoms with Crippen molar-refractivity contribution in [2.45, 2.75) is 25.7 Å². The highest BCUT2D eigenvalue weighted by atomic mass is 16.1. The normalized spacial score (nSPS) is 19.1.